The number of carbonyl (C=O) groups excluding carboxylic acids is 1. The maximum atomic E-state index is 13.0. The van der Waals surface area contributed by atoms with E-state index in [9.17, 15) is 9.90 Å². The van der Waals surface area contributed by atoms with E-state index in [1.165, 1.54) is 0 Å². The lowest BCUT2D eigenvalue weighted by Gasteiger charge is -2.39. The van der Waals surface area contributed by atoms with E-state index in [1.54, 1.807) is 34.1 Å². The van der Waals surface area contributed by atoms with Crippen LogP contribution in [0.1, 0.15) is 35.8 Å². The summed E-state index contributed by atoms with van der Waals surface area (Å²) in [5, 5.41) is 18.6. The van der Waals surface area contributed by atoms with Crippen LogP contribution < -0.4 is 4.74 Å². The van der Waals surface area contributed by atoms with Crippen molar-refractivity contribution < 1.29 is 14.6 Å². The Morgan fingerprint density at radius 3 is 3.00 bits per heavy atom. The maximum absolute atomic E-state index is 13.0. The smallest absolute Gasteiger partial charge is 0.259 e. The number of aryl methyl sites for hydroxylation is 1. The van der Waals surface area contributed by atoms with Crippen LogP contribution >= 0.6 is 0 Å². The van der Waals surface area contributed by atoms with Gasteiger partial charge in [-0.1, -0.05) is 5.21 Å². The lowest BCUT2D eigenvalue weighted by atomic mass is 9.92. The van der Waals surface area contributed by atoms with Crippen molar-refractivity contribution in [3.8, 4) is 5.88 Å². The first kappa shape index (κ1) is 17.3. The van der Waals surface area contributed by atoms with E-state index in [4.69, 9.17) is 4.74 Å². The molecule has 1 unspecified atom stereocenters. The number of likely N-dealkylation sites (tertiary alicyclic amines) is 1. The molecule has 0 saturated carbocycles. The topological polar surface area (TPSA) is 93.4 Å². The van der Waals surface area contributed by atoms with Gasteiger partial charge >= 0.3 is 0 Å². The van der Waals surface area contributed by atoms with Crippen LogP contribution in [0.4, 0.5) is 0 Å². The minimum atomic E-state index is -1.02. The predicted octanol–water partition coefficient (Wildman–Crippen LogP) is 1.05. The number of piperidine rings is 1. The highest BCUT2D eigenvalue weighted by molar-refractivity contribution is 5.96. The molecule has 3 rings (SSSR count). The Balaban J connectivity index is 1.78. The fourth-order valence-electron chi connectivity index (χ4n) is 3.15. The van der Waals surface area contributed by atoms with Crippen molar-refractivity contribution in [2.75, 3.05) is 19.7 Å². The number of ether oxygens (including phenoxy) is 1. The molecule has 1 aliphatic heterocycles. The van der Waals surface area contributed by atoms with Gasteiger partial charge in [0.2, 0.25) is 5.88 Å². The molecule has 0 aliphatic carbocycles. The van der Waals surface area contributed by atoms with Gasteiger partial charge in [-0.3, -0.25) is 4.79 Å². The number of aromatic nitrogens is 4. The van der Waals surface area contributed by atoms with Gasteiger partial charge in [0.1, 0.15) is 11.2 Å². The molecule has 134 valence electrons. The molecule has 1 N–H and O–H groups in total. The zero-order chi connectivity index (χ0) is 17.9. The average molecular weight is 345 g/mol. The summed E-state index contributed by atoms with van der Waals surface area (Å²) in [6, 6.07) is 3.53. The Morgan fingerprint density at radius 2 is 2.28 bits per heavy atom. The number of hydrogen-bond donors (Lipinski definition) is 1. The van der Waals surface area contributed by atoms with Crippen LogP contribution in [-0.2, 0) is 6.54 Å². The highest BCUT2D eigenvalue weighted by Crippen LogP contribution is 2.26. The Bertz CT molecular complexity index is 734. The summed E-state index contributed by atoms with van der Waals surface area (Å²) >= 11 is 0. The van der Waals surface area contributed by atoms with Crippen LogP contribution in [0.3, 0.4) is 0 Å². The van der Waals surface area contributed by atoms with Crippen molar-refractivity contribution >= 4 is 5.91 Å². The van der Waals surface area contributed by atoms with Crippen molar-refractivity contribution in [3.05, 3.63) is 35.8 Å². The van der Waals surface area contributed by atoms with Gasteiger partial charge in [-0.25, -0.2) is 9.67 Å². The summed E-state index contributed by atoms with van der Waals surface area (Å²) in [4.78, 5) is 18.9. The normalized spacial score (nSPS) is 20.5. The van der Waals surface area contributed by atoms with Gasteiger partial charge in [0, 0.05) is 18.4 Å². The van der Waals surface area contributed by atoms with Gasteiger partial charge in [-0.05, 0) is 38.8 Å². The number of aliphatic hydroxyl groups is 1. The summed E-state index contributed by atoms with van der Waals surface area (Å²) in [6.07, 6.45) is 4.61. The molecule has 25 heavy (non-hydrogen) atoms. The molecule has 2 aromatic rings. The summed E-state index contributed by atoms with van der Waals surface area (Å²) in [5.74, 6) is 0.172. The molecule has 0 bridgehead atoms. The molecule has 3 heterocycles. The van der Waals surface area contributed by atoms with Crippen molar-refractivity contribution in [2.45, 2.75) is 38.8 Å². The molecule has 1 atom stereocenters. The molecule has 0 radical (unpaired) electrons. The van der Waals surface area contributed by atoms with Gasteiger partial charge < -0.3 is 14.7 Å². The number of amides is 1. The van der Waals surface area contributed by atoms with E-state index in [-0.39, 0.29) is 12.5 Å². The summed E-state index contributed by atoms with van der Waals surface area (Å²) in [6.45, 7) is 5.29. The molecule has 1 saturated heterocycles. The maximum Gasteiger partial charge on any atom is 0.259 e. The number of rotatable bonds is 5. The number of pyridine rings is 1. The SMILES string of the molecule is CCOc1nc(C)ccc1C(=O)N1CCCC(O)(Cn2ccnn2)C1. The van der Waals surface area contributed by atoms with Gasteiger partial charge in [0.05, 0.1) is 25.9 Å². The second-order valence-electron chi connectivity index (χ2n) is 6.39. The van der Waals surface area contributed by atoms with Crippen LogP contribution in [0.15, 0.2) is 24.5 Å². The third kappa shape index (κ3) is 3.96. The molecule has 1 aliphatic rings. The van der Waals surface area contributed by atoms with E-state index < -0.39 is 5.60 Å². The molecular weight excluding hydrogens is 322 g/mol. The number of carbonyl (C=O) groups is 1. The van der Waals surface area contributed by atoms with Gasteiger partial charge in [0.25, 0.3) is 5.91 Å². The minimum absolute atomic E-state index is 0.173. The lowest BCUT2D eigenvalue weighted by Crippen LogP contribution is -2.52. The Kier molecular flexibility index (Phi) is 4.98. The Morgan fingerprint density at radius 1 is 1.44 bits per heavy atom. The third-order valence-electron chi connectivity index (χ3n) is 4.28. The molecular formula is C17H23N5O3. The van der Waals surface area contributed by atoms with Crippen LogP contribution in [0, 0.1) is 6.92 Å². The quantitative estimate of drug-likeness (QED) is 0.870. The lowest BCUT2D eigenvalue weighted by molar-refractivity contribution is -0.0388. The standard InChI is InChI=1S/C17H23N5O3/c1-3-25-15-14(6-5-13(2)19-15)16(23)21-9-4-7-17(24,11-21)12-22-10-8-18-20-22/h5-6,8,10,24H,3-4,7,9,11-12H2,1-2H3. The number of hydrogen-bond acceptors (Lipinski definition) is 6. The first-order valence-electron chi connectivity index (χ1n) is 8.47. The Labute approximate surface area is 146 Å². The molecule has 1 fully saturated rings. The minimum Gasteiger partial charge on any atom is -0.477 e. The van der Waals surface area contributed by atoms with E-state index in [1.807, 2.05) is 13.8 Å². The largest absolute Gasteiger partial charge is 0.477 e. The zero-order valence-corrected chi connectivity index (χ0v) is 14.6. The van der Waals surface area contributed by atoms with Crippen molar-refractivity contribution in [1.82, 2.24) is 24.9 Å². The van der Waals surface area contributed by atoms with E-state index in [0.29, 0.717) is 37.6 Å². The summed E-state index contributed by atoms with van der Waals surface area (Å²) in [7, 11) is 0. The number of β-amino-alcohol motifs (C(OH)–C–C–N with tert-alkyl or cyclic N) is 1. The fraction of sp³-hybridized carbons (Fsp3) is 0.529. The molecule has 1 amide bonds. The van der Waals surface area contributed by atoms with E-state index >= 15 is 0 Å². The summed E-state index contributed by atoms with van der Waals surface area (Å²) in [5.41, 5.74) is 0.199. The molecule has 0 spiro atoms. The van der Waals surface area contributed by atoms with Crippen LogP contribution in [-0.4, -0.2) is 61.2 Å². The second kappa shape index (κ2) is 7.18. The van der Waals surface area contributed by atoms with Crippen molar-refractivity contribution in [1.29, 1.82) is 0 Å². The van der Waals surface area contributed by atoms with Gasteiger partial charge in [-0.15, -0.1) is 5.10 Å². The van der Waals surface area contributed by atoms with E-state index in [2.05, 4.69) is 15.3 Å². The molecule has 8 nitrogen and oxygen atoms in total. The molecule has 2 aromatic heterocycles. The van der Waals surface area contributed by atoms with Crippen LogP contribution in [0.5, 0.6) is 5.88 Å². The first-order valence-corrected chi connectivity index (χ1v) is 8.47. The van der Waals surface area contributed by atoms with Crippen molar-refractivity contribution in [3.63, 3.8) is 0 Å². The van der Waals surface area contributed by atoms with Crippen LogP contribution in [0.2, 0.25) is 0 Å². The molecule has 0 aromatic carbocycles. The first-order chi connectivity index (χ1) is 12.0. The highest BCUT2D eigenvalue weighted by atomic mass is 16.5. The average Bonchev–Trinajstić information content (AvgIpc) is 3.07. The Hall–Kier alpha value is -2.48. The zero-order valence-electron chi connectivity index (χ0n) is 14.6. The van der Waals surface area contributed by atoms with Crippen molar-refractivity contribution in [2.24, 2.45) is 0 Å². The number of nitrogens with zero attached hydrogens (tertiary/aromatic N) is 5. The highest BCUT2D eigenvalue weighted by Gasteiger charge is 2.37. The third-order valence-corrected chi connectivity index (χ3v) is 4.28. The fourth-order valence-corrected chi connectivity index (χ4v) is 3.15. The predicted molar refractivity (Wildman–Crippen MR) is 90.3 cm³/mol. The van der Waals surface area contributed by atoms with Gasteiger partial charge in [-0.2, -0.15) is 0 Å². The van der Waals surface area contributed by atoms with E-state index in [0.717, 1.165) is 12.1 Å². The van der Waals surface area contributed by atoms with Crippen LogP contribution in [0.25, 0.3) is 0 Å². The summed E-state index contributed by atoms with van der Waals surface area (Å²) < 4.78 is 7.11. The monoisotopic (exact) mass is 345 g/mol. The molecule has 8 heteroatoms. The van der Waals surface area contributed by atoms with Gasteiger partial charge in [0.15, 0.2) is 0 Å². The second-order valence-corrected chi connectivity index (χ2v) is 6.39.